The molecule has 0 aromatic heterocycles. The van der Waals surface area contributed by atoms with Gasteiger partial charge in [0.15, 0.2) is 0 Å². The number of methoxy groups -OCH3 is 1. The van der Waals surface area contributed by atoms with E-state index in [9.17, 15) is 0 Å². The summed E-state index contributed by atoms with van der Waals surface area (Å²) in [4.78, 5) is 2.18. The van der Waals surface area contributed by atoms with E-state index < -0.39 is 0 Å². The van der Waals surface area contributed by atoms with Crippen molar-refractivity contribution in [3.8, 4) is 5.75 Å². The summed E-state index contributed by atoms with van der Waals surface area (Å²) in [6, 6.07) is 11.9. The SMILES string of the molecule is CNC(C)c1c(OC)cccc1Sc1ccc(Cl)c(Cl)c1. The first-order valence-electron chi connectivity index (χ1n) is 6.54. The third-order valence-corrected chi connectivity index (χ3v) is 5.04. The van der Waals surface area contributed by atoms with Crippen LogP contribution in [0, 0.1) is 0 Å². The average Bonchev–Trinajstić information content (AvgIpc) is 2.50. The Morgan fingerprint density at radius 3 is 2.52 bits per heavy atom. The smallest absolute Gasteiger partial charge is 0.124 e. The fourth-order valence-corrected chi connectivity index (χ4v) is 3.49. The van der Waals surface area contributed by atoms with E-state index >= 15 is 0 Å². The molecular formula is C16H17Cl2NOS. The van der Waals surface area contributed by atoms with Crippen LogP contribution in [-0.2, 0) is 0 Å². The van der Waals surface area contributed by atoms with Gasteiger partial charge in [0, 0.05) is 21.4 Å². The molecule has 1 unspecified atom stereocenters. The van der Waals surface area contributed by atoms with Crippen LogP contribution in [0.15, 0.2) is 46.2 Å². The van der Waals surface area contributed by atoms with Crippen molar-refractivity contribution < 1.29 is 4.74 Å². The summed E-state index contributed by atoms with van der Waals surface area (Å²) in [6.07, 6.45) is 0. The second-order valence-corrected chi connectivity index (χ2v) is 6.49. The summed E-state index contributed by atoms with van der Waals surface area (Å²) in [5.41, 5.74) is 1.14. The molecule has 0 saturated carbocycles. The van der Waals surface area contributed by atoms with Crippen molar-refractivity contribution in [3.05, 3.63) is 52.0 Å². The lowest BCUT2D eigenvalue weighted by atomic mass is 10.1. The van der Waals surface area contributed by atoms with Crippen molar-refractivity contribution in [2.45, 2.75) is 22.8 Å². The van der Waals surface area contributed by atoms with Crippen LogP contribution in [0.2, 0.25) is 10.0 Å². The van der Waals surface area contributed by atoms with E-state index in [4.69, 9.17) is 27.9 Å². The standard InChI is InChI=1S/C16H17Cl2NOS/c1-10(19-2)16-14(20-3)5-4-6-15(16)21-11-7-8-12(17)13(18)9-11/h4-10,19H,1-3H3. The van der Waals surface area contributed by atoms with Crippen molar-refractivity contribution in [2.75, 3.05) is 14.2 Å². The van der Waals surface area contributed by atoms with E-state index in [0.29, 0.717) is 10.0 Å². The monoisotopic (exact) mass is 341 g/mol. The summed E-state index contributed by atoms with van der Waals surface area (Å²) in [5.74, 6) is 0.877. The molecule has 2 aromatic carbocycles. The highest BCUT2D eigenvalue weighted by Crippen LogP contribution is 2.39. The highest BCUT2D eigenvalue weighted by Gasteiger charge is 2.16. The molecule has 21 heavy (non-hydrogen) atoms. The molecule has 2 rings (SSSR count). The summed E-state index contributed by atoms with van der Waals surface area (Å²) in [7, 11) is 3.62. The maximum absolute atomic E-state index is 6.09. The zero-order chi connectivity index (χ0) is 15.4. The fraction of sp³-hybridized carbons (Fsp3) is 0.250. The lowest BCUT2D eigenvalue weighted by Gasteiger charge is -2.19. The van der Waals surface area contributed by atoms with E-state index in [2.05, 4.69) is 18.3 Å². The van der Waals surface area contributed by atoms with Crippen molar-refractivity contribution in [1.29, 1.82) is 0 Å². The highest BCUT2D eigenvalue weighted by molar-refractivity contribution is 7.99. The van der Waals surface area contributed by atoms with Crippen LogP contribution < -0.4 is 10.1 Å². The Kier molecular flexibility index (Phi) is 5.82. The molecule has 1 N–H and O–H groups in total. The van der Waals surface area contributed by atoms with E-state index in [1.54, 1.807) is 18.9 Å². The van der Waals surface area contributed by atoms with Crippen LogP contribution in [-0.4, -0.2) is 14.2 Å². The summed E-state index contributed by atoms with van der Waals surface area (Å²) >= 11 is 13.7. The Morgan fingerprint density at radius 2 is 1.90 bits per heavy atom. The van der Waals surface area contributed by atoms with Crippen molar-refractivity contribution in [2.24, 2.45) is 0 Å². The Bertz CT molecular complexity index is 634. The minimum absolute atomic E-state index is 0.187. The first-order valence-corrected chi connectivity index (χ1v) is 8.11. The summed E-state index contributed by atoms with van der Waals surface area (Å²) in [5, 5.41) is 4.39. The van der Waals surface area contributed by atoms with Gasteiger partial charge in [0.25, 0.3) is 0 Å². The molecule has 0 amide bonds. The van der Waals surface area contributed by atoms with Gasteiger partial charge in [0.05, 0.1) is 17.2 Å². The molecule has 0 aliphatic rings. The number of rotatable bonds is 5. The second-order valence-electron chi connectivity index (χ2n) is 4.56. The van der Waals surface area contributed by atoms with E-state index in [1.807, 2.05) is 37.4 Å². The maximum Gasteiger partial charge on any atom is 0.124 e. The molecule has 0 heterocycles. The Balaban J connectivity index is 2.41. The number of hydrogen-bond acceptors (Lipinski definition) is 3. The predicted octanol–water partition coefficient (Wildman–Crippen LogP) is 5.43. The minimum atomic E-state index is 0.187. The van der Waals surface area contributed by atoms with Crippen LogP contribution in [0.3, 0.4) is 0 Å². The van der Waals surface area contributed by atoms with Crippen LogP contribution in [0.5, 0.6) is 5.75 Å². The number of halogens is 2. The van der Waals surface area contributed by atoms with Gasteiger partial charge in [-0.2, -0.15) is 0 Å². The van der Waals surface area contributed by atoms with Gasteiger partial charge >= 0.3 is 0 Å². The van der Waals surface area contributed by atoms with Gasteiger partial charge < -0.3 is 10.1 Å². The van der Waals surface area contributed by atoms with E-state index in [1.165, 1.54) is 0 Å². The maximum atomic E-state index is 6.09. The molecule has 0 fully saturated rings. The molecular weight excluding hydrogens is 325 g/mol. The summed E-state index contributed by atoms with van der Waals surface area (Å²) < 4.78 is 5.49. The van der Waals surface area contributed by atoms with Crippen LogP contribution in [0.4, 0.5) is 0 Å². The van der Waals surface area contributed by atoms with Crippen molar-refractivity contribution in [3.63, 3.8) is 0 Å². The molecule has 0 radical (unpaired) electrons. The second kappa shape index (κ2) is 7.41. The largest absolute Gasteiger partial charge is 0.496 e. The molecule has 2 aromatic rings. The zero-order valence-electron chi connectivity index (χ0n) is 12.1. The molecule has 112 valence electrons. The van der Waals surface area contributed by atoms with Crippen molar-refractivity contribution in [1.82, 2.24) is 5.32 Å². The van der Waals surface area contributed by atoms with Gasteiger partial charge in [0.1, 0.15) is 5.75 Å². The number of ether oxygens (including phenoxy) is 1. The van der Waals surface area contributed by atoms with Crippen LogP contribution in [0.1, 0.15) is 18.5 Å². The van der Waals surface area contributed by atoms with E-state index in [0.717, 1.165) is 21.1 Å². The number of benzene rings is 2. The van der Waals surface area contributed by atoms with Gasteiger partial charge in [-0.1, -0.05) is 41.0 Å². The number of hydrogen-bond donors (Lipinski definition) is 1. The molecule has 0 saturated heterocycles. The molecule has 5 heteroatoms. The first kappa shape index (κ1) is 16.5. The normalized spacial score (nSPS) is 12.2. The first-order chi connectivity index (χ1) is 10.1. The topological polar surface area (TPSA) is 21.3 Å². The Labute approximate surface area is 139 Å². The van der Waals surface area contributed by atoms with Gasteiger partial charge in [0.2, 0.25) is 0 Å². The quantitative estimate of drug-likeness (QED) is 0.782. The molecule has 0 spiro atoms. The van der Waals surface area contributed by atoms with Crippen LogP contribution in [0.25, 0.3) is 0 Å². The number of nitrogens with one attached hydrogen (secondary N) is 1. The average molecular weight is 342 g/mol. The molecule has 0 aliphatic carbocycles. The van der Waals surface area contributed by atoms with Gasteiger partial charge in [-0.05, 0) is 44.3 Å². The Morgan fingerprint density at radius 1 is 1.14 bits per heavy atom. The fourth-order valence-electron chi connectivity index (χ4n) is 2.03. The molecule has 0 bridgehead atoms. The Hall–Kier alpha value is -0.870. The van der Waals surface area contributed by atoms with Gasteiger partial charge in [-0.3, -0.25) is 0 Å². The molecule has 1 atom stereocenters. The highest BCUT2D eigenvalue weighted by atomic mass is 35.5. The summed E-state index contributed by atoms with van der Waals surface area (Å²) in [6.45, 7) is 2.11. The molecule has 2 nitrogen and oxygen atoms in total. The lowest BCUT2D eigenvalue weighted by Crippen LogP contribution is -2.14. The van der Waals surface area contributed by atoms with Gasteiger partial charge in [-0.15, -0.1) is 0 Å². The molecule has 0 aliphatic heterocycles. The third kappa shape index (κ3) is 3.86. The zero-order valence-corrected chi connectivity index (χ0v) is 14.4. The lowest BCUT2D eigenvalue weighted by molar-refractivity contribution is 0.401. The predicted molar refractivity (Wildman–Crippen MR) is 91.1 cm³/mol. The minimum Gasteiger partial charge on any atom is -0.496 e. The van der Waals surface area contributed by atoms with Gasteiger partial charge in [-0.25, -0.2) is 0 Å². The van der Waals surface area contributed by atoms with E-state index in [-0.39, 0.29) is 6.04 Å². The van der Waals surface area contributed by atoms with Crippen LogP contribution >= 0.6 is 35.0 Å². The van der Waals surface area contributed by atoms with Crippen molar-refractivity contribution >= 4 is 35.0 Å². The third-order valence-electron chi connectivity index (χ3n) is 3.23.